The van der Waals surface area contributed by atoms with E-state index in [9.17, 15) is 0 Å². The molecule has 2 nitrogen and oxygen atoms in total. The molecule has 0 saturated carbocycles. The van der Waals surface area contributed by atoms with Gasteiger partial charge in [0, 0.05) is 19.8 Å². The summed E-state index contributed by atoms with van der Waals surface area (Å²) in [4.78, 5) is 0. The highest BCUT2D eigenvalue weighted by Gasteiger charge is 2.08. The van der Waals surface area contributed by atoms with E-state index in [4.69, 9.17) is 0 Å². The van der Waals surface area contributed by atoms with Crippen molar-refractivity contribution in [2.75, 3.05) is 14.1 Å². The summed E-state index contributed by atoms with van der Waals surface area (Å²) in [5.41, 5.74) is 7.71. The summed E-state index contributed by atoms with van der Waals surface area (Å²) >= 11 is 0. The van der Waals surface area contributed by atoms with Gasteiger partial charge in [-0.3, -0.25) is 10.0 Å². The van der Waals surface area contributed by atoms with Crippen LogP contribution in [0.1, 0.15) is 30.0 Å². The Morgan fingerprint density at radius 1 is 1.20 bits per heavy atom. The van der Waals surface area contributed by atoms with Gasteiger partial charge in [-0.25, -0.2) is 0 Å². The molecule has 0 unspecified atom stereocenters. The SMILES string of the molecule is C=C=CN(C)N(C)C(=C)/C=C\c1cc(C)c(CCC)c2ccccc12. The zero-order valence-electron chi connectivity index (χ0n) is 15.8. The fourth-order valence-electron chi connectivity index (χ4n) is 3.04. The van der Waals surface area contributed by atoms with Gasteiger partial charge in [0.15, 0.2) is 0 Å². The molecule has 0 radical (unpaired) electrons. The number of benzene rings is 2. The smallest absolute Gasteiger partial charge is 0.0621 e. The molecule has 0 bridgehead atoms. The molecule has 25 heavy (non-hydrogen) atoms. The molecule has 0 aliphatic carbocycles. The van der Waals surface area contributed by atoms with Crippen molar-refractivity contribution in [1.82, 2.24) is 10.0 Å². The van der Waals surface area contributed by atoms with E-state index in [1.165, 1.54) is 27.5 Å². The van der Waals surface area contributed by atoms with Crippen molar-refractivity contribution in [2.24, 2.45) is 0 Å². The molecular weight excluding hydrogens is 304 g/mol. The van der Waals surface area contributed by atoms with Crippen molar-refractivity contribution in [1.29, 1.82) is 0 Å². The number of fused-ring (bicyclic) bond motifs is 1. The molecule has 130 valence electrons. The molecule has 2 aromatic carbocycles. The lowest BCUT2D eigenvalue weighted by Crippen LogP contribution is -2.30. The first-order valence-electron chi connectivity index (χ1n) is 8.70. The number of hydrazine groups is 1. The molecule has 0 spiro atoms. The predicted octanol–water partition coefficient (Wildman–Crippen LogP) is 5.70. The van der Waals surface area contributed by atoms with Crippen LogP contribution < -0.4 is 0 Å². The van der Waals surface area contributed by atoms with Crippen LogP contribution in [0.25, 0.3) is 16.8 Å². The number of allylic oxidation sites excluding steroid dienone is 1. The van der Waals surface area contributed by atoms with Gasteiger partial charge in [-0.1, -0.05) is 62.9 Å². The predicted molar refractivity (Wildman–Crippen MR) is 110 cm³/mol. The van der Waals surface area contributed by atoms with Crippen LogP contribution in [0.3, 0.4) is 0 Å². The van der Waals surface area contributed by atoms with Gasteiger partial charge in [-0.15, -0.1) is 5.73 Å². The number of likely N-dealkylation sites (N-methyl/N-ethyl adjacent to an activating group) is 1. The highest BCUT2D eigenvalue weighted by molar-refractivity contribution is 5.94. The van der Waals surface area contributed by atoms with Gasteiger partial charge in [-0.05, 0) is 46.9 Å². The van der Waals surface area contributed by atoms with Crippen molar-refractivity contribution in [3.8, 4) is 0 Å². The Kier molecular flexibility index (Phi) is 6.27. The number of hydrogen-bond donors (Lipinski definition) is 0. The summed E-state index contributed by atoms with van der Waals surface area (Å²) in [6.45, 7) is 12.2. The summed E-state index contributed by atoms with van der Waals surface area (Å²) in [5.74, 6) is 0. The lowest BCUT2D eigenvalue weighted by Gasteiger charge is -2.28. The lowest BCUT2D eigenvalue weighted by molar-refractivity contribution is 0.133. The van der Waals surface area contributed by atoms with Crippen LogP contribution >= 0.6 is 0 Å². The molecule has 0 aliphatic heterocycles. The Bertz CT molecular complexity index is 839. The van der Waals surface area contributed by atoms with Crippen LogP contribution in [0.2, 0.25) is 0 Å². The number of hydrogen-bond acceptors (Lipinski definition) is 2. The average Bonchev–Trinajstić information content (AvgIpc) is 2.61. The van der Waals surface area contributed by atoms with Crippen LogP contribution in [-0.2, 0) is 6.42 Å². The molecule has 0 aliphatic rings. The maximum absolute atomic E-state index is 4.15. The minimum atomic E-state index is 0.897. The largest absolute Gasteiger partial charge is 0.289 e. The highest BCUT2D eigenvalue weighted by Crippen LogP contribution is 2.28. The van der Waals surface area contributed by atoms with E-state index < -0.39 is 0 Å². The summed E-state index contributed by atoms with van der Waals surface area (Å²) < 4.78 is 0. The van der Waals surface area contributed by atoms with Crippen LogP contribution in [0.4, 0.5) is 0 Å². The molecule has 0 N–H and O–H groups in total. The third-order valence-electron chi connectivity index (χ3n) is 4.53. The van der Waals surface area contributed by atoms with Gasteiger partial charge in [0.1, 0.15) is 0 Å². The fourth-order valence-corrected chi connectivity index (χ4v) is 3.04. The second-order valence-corrected chi connectivity index (χ2v) is 6.31. The Labute approximate surface area is 152 Å². The highest BCUT2D eigenvalue weighted by atomic mass is 15.6. The van der Waals surface area contributed by atoms with E-state index in [1.54, 1.807) is 6.20 Å². The monoisotopic (exact) mass is 332 g/mol. The van der Waals surface area contributed by atoms with Gasteiger partial charge in [0.25, 0.3) is 0 Å². The van der Waals surface area contributed by atoms with Crippen molar-refractivity contribution in [2.45, 2.75) is 26.7 Å². The van der Waals surface area contributed by atoms with E-state index in [0.717, 1.165) is 18.5 Å². The third kappa shape index (κ3) is 4.23. The van der Waals surface area contributed by atoms with Crippen LogP contribution in [0.5, 0.6) is 0 Å². The second kappa shape index (κ2) is 8.41. The number of rotatable bonds is 7. The molecular formula is C23H28N2. The first-order valence-corrected chi connectivity index (χ1v) is 8.70. The zero-order chi connectivity index (χ0) is 18.4. The maximum Gasteiger partial charge on any atom is 0.0621 e. The molecule has 0 aromatic heterocycles. The molecule has 0 amide bonds. The van der Waals surface area contributed by atoms with E-state index in [1.807, 2.05) is 30.2 Å². The van der Waals surface area contributed by atoms with E-state index in [0.29, 0.717) is 0 Å². The summed E-state index contributed by atoms with van der Waals surface area (Å²) in [6.07, 6.45) is 8.25. The maximum atomic E-state index is 4.15. The Hall–Kier alpha value is -2.70. The number of aryl methyl sites for hydroxylation is 2. The minimum absolute atomic E-state index is 0.897. The topological polar surface area (TPSA) is 6.48 Å². The first-order chi connectivity index (χ1) is 12.0. The van der Waals surface area contributed by atoms with Crippen molar-refractivity contribution in [3.63, 3.8) is 0 Å². The summed E-state index contributed by atoms with van der Waals surface area (Å²) in [5, 5.41) is 6.50. The van der Waals surface area contributed by atoms with E-state index >= 15 is 0 Å². The van der Waals surface area contributed by atoms with Crippen molar-refractivity contribution in [3.05, 3.63) is 83.9 Å². The molecule has 0 heterocycles. The molecule has 2 aromatic rings. The fraction of sp³-hybridized carbons (Fsp3) is 0.261. The normalized spacial score (nSPS) is 10.7. The van der Waals surface area contributed by atoms with Crippen LogP contribution in [0, 0.1) is 6.92 Å². The first kappa shape index (κ1) is 18.6. The Morgan fingerprint density at radius 2 is 1.88 bits per heavy atom. The molecule has 2 rings (SSSR count). The molecule has 0 atom stereocenters. The summed E-state index contributed by atoms with van der Waals surface area (Å²) in [6, 6.07) is 10.9. The van der Waals surface area contributed by atoms with Crippen LogP contribution in [-0.4, -0.2) is 24.1 Å². The summed E-state index contributed by atoms with van der Waals surface area (Å²) in [7, 11) is 3.91. The molecule has 2 heteroatoms. The second-order valence-electron chi connectivity index (χ2n) is 6.31. The van der Waals surface area contributed by atoms with Gasteiger partial charge in [-0.2, -0.15) is 0 Å². The van der Waals surface area contributed by atoms with Crippen molar-refractivity contribution >= 4 is 16.8 Å². The lowest BCUT2D eigenvalue weighted by atomic mass is 9.92. The van der Waals surface area contributed by atoms with Crippen LogP contribution in [0.15, 0.2) is 67.2 Å². The van der Waals surface area contributed by atoms with Gasteiger partial charge < -0.3 is 0 Å². The Morgan fingerprint density at radius 3 is 2.52 bits per heavy atom. The van der Waals surface area contributed by atoms with Gasteiger partial charge in [0.05, 0.1) is 6.20 Å². The Balaban J connectivity index is 2.40. The minimum Gasteiger partial charge on any atom is -0.289 e. The molecule has 0 saturated heterocycles. The number of nitrogens with zero attached hydrogens (tertiary/aromatic N) is 2. The van der Waals surface area contributed by atoms with Gasteiger partial charge >= 0.3 is 0 Å². The van der Waals surface area contributed by atoms with Gasteiger partial charge in [0.2, 0.25) is 0 Å². The molecule has 0 fully saturated rings. The van der Waals surface area contributed by atoms with E-state index in [2.05, 4.69) is 69.1 Å². The zero-order valence-corrected chi connectivity index (χ0v) is 15.8. The third-order valence-corrected chi connectivity index (χ3v) is 4.53. The standard InChI is InChI=1S/C23H28N2/c1-7-11-21-18(3)17-20(22-12-9-10-13-23(21)22)15-14-19(4)25(6)24(5)16-8-2/h9-10,12-17H,2,4,7,11H2,1,3,5-6H3/b15-14-. The quantitative estimate of drug-likeness (QED) is 0.364. The van der Waals surface area contributed by atoms with Crippen molar-refractivity contribution < 1.29 is 0 Å². The van der Waals surface area contributed by atoms with E-state index in [-0.39, 0.29) is 0 Å². The average molecular weight is 332 g/mol.